The van der Waals surface area contributed by atoms with E-state index in [0.717, 1.165) is 11.1 Å². The van der Waals surface area contributed by atoms with Crippen LogP contribution in [0, 0.1) is 0 Å². The molecule has 1 aromatic carbocycles. The normalized spacial score (nSPS) is 13.7. The molecule has 3 N–H and O–H groups in total. The predicted molar refractivity (Wildman–Crippen MR) is 135 cm³/mol. The zero-order valence-corrected chi connectivity index (χ0v) is 20.9. The molecule has 1 aliphatic heterocycles. The van der Waals surface area contributed by atoms with E-state index in [-0.39, 0.29) is 55.2 Å². The quantitative estimate of drug-likeness (QED) is 0.337. The number of benzene rings is 1. The largest absolute Gasteiger partial charge is 0.461 e. The predicted octanol–water partition coefficient (Wildman–Crippen LogP) is 0.916. The van der Waals surface area contributed by atoms with Crippen molar-refractivity contribution in [3.05, 3.63) is 45.9 Å². The van der Waals surface area contributed by atoms with Crippen molar-refractivity contribution in [1.82, 2.24) is 24.4 Å². The summed E-state index contributed by atoms with van der Waals surface area (Å²) in [6.45, 7) is 3.18. The highest BCUT2D eigenvalue weighted by molar-refractivity contribution is 5.85. The number of aromatic nitrogens is 4. The van der Waals surface area contributed by atoms with Crippen molar-refractivity contribution in [2.45, 2.75) is 32.2 Å². The third-order valence-corrected chi connectivity index (χ3v) is 6.19. The lowest BCUT2D eigenvalue weighted by atomic mass is 10.0. The highest BCUT2D eigenvalue weighted by Crippen LogP contribution is 2.19. The Morgan fingerprint density at radius 2 is 1.78 bits per heavy atom. The molecule has 0 bridgehead atoms. The number of nitrogens with zero attached hydrogens (tertiary/aromatic N) is 4. The van der Waals surface area contributed by atoms with Gasteiger partial charge in [0.25, 0.3) is 0 Å². The van der Waals surface area contributed by atoms with E-state index in [1.165, 1.54) is 4.57 Å². The summed E-state index contributed by atoms with van der Waals surface area (Å²) in [6, 6.07) is 7.76. The van der Waals surface area contributed by atoms with E-state index >= 15 is 0 Å². The second kappa shape index (κ2) is 12.5. The summed E-state index contributed by atoms with van der Waals surface area (Å²) in [4.78, 5) is 50.0. The Kier molecular flexibility index (Phi) is 8.86. The minimum absolute atomic E-state index is 0.00853. The van der Waals surface area contributed by atoms with Gasteiger partial charge in [-0.1, -0.05) is 24.3 Å². The van der Waals surface area contributed by atoms with Gasteiger partial charge in [0.2, 0.25) is 5.91 Å². The van der Waals surface area contributed by atoms with E-state index < -0.39 is 0 Å². The Bertz CT molecular complexity index is 1280. The van der Waals surface area contributed by atoms with Gasteiger partial charge in [0.05, 0.1) is 26.4 Å². The summed E-state index contributed by atoms with van der Waals surface area (Å²) in [6.07, 6.45) is 1.45. The molecule has 0 atom stereocenters. The van der Waals surface area contributed by atoms with E-state index in [2.05, 4.69) is 15.0 Å². The first-order chi connectivity index (χ1) is 17.9. The van der Waals surface area contributed by atoms with Crippen molar-refractivity contribution >= 4 is 28.7 Å². The molecule has 4 rings (SSSR count). The number of nitrogen functional groups attached to an aromatic ring is 1. The number of methoxy groups -OCH3 is 1. The Hall–Kier alpha value is -3.77. The van der Waals surface area contributed by atoms with Crippen LogP contribution in [0.1, 0.15) is 30.4 Å². The van der Waals surface area contributed by atoms with Gasteiger partial charge < -0.3 is 29.8 Å². The number of carbonyl (C=O) groups excluding carboxylic acids is 2. The smallest absolute Gasteiger partial charge is 0.328 e. The maximum atomic E-state index is 12.6. The van der Waals surface area contributed by atoms with E-state index in [4.69, 9.17) is 19.9 Å². The molecule has 1 aliphatic rings. The Balaban J connectivity index is 1.32. The molecule has 1 fully saturated rings. The molecule has 12 nitrogen and oxygen atoms in total. The molecule has 2 aromatic heterocycles. The topological polar surface area (TPSA) is 155 Å². The van der Waals surface area contributed by atoms with Crippen LogP contribution in [-0.4, -0.2) is 82.7 Å². The second-order valence-corrected chi connectivity index (χ2v) is 8.80. The van der Waals surface area contributed by atoms with Gasteiger partial charge in [-0.15, -0.1) is 0 Å². The zero-order chi connectivity index (χ0) is 26.2. The van der Waals surface area contributed by atoms with Crippen LogP contribution in [0.25, 0.3) is 11.2 Å². The van der Waals surface area contributed by atoms with Crippen LogP contribution in [0.15, 0.2) is 29.1 Å². The molecule has 0 aliphatic carbocycles. The Morgan fingerprint density at radius 1 is 1.05 bits per heavy atom. The summed E-state index contributed by atoms with van der Waals surface area (Å²) in [7, 11) is 1.56. The molecule has 1 saturated heterocycles. The van der Waals surface area contributed by atoms with Crippen molar-refractivity contribution < 1.29 is 23.8 Å². The molecule has 0 saturated carbocycles. The number of hydrogen-bond acceptors (Lipinski definition) is 9. The van der Waals surface area contributed by atoms with Crippen molar-refractivity contribution in [3.63, 3.8) is 0 Å². The fraction of sp³-hybridized carbons (Fsp3) is 0.480. The van der Waals surface area contributed by atoms with E-state index in [1.807, 2.05) is 24.3 Å². The van der Waals surface area contributed by atoms with Gasteiger partial charge in [-0.25, -0.2) is 4.79 Å². The number of amides is 1. The van der Waals surface area contributed by atoms with Crippen molar-refractivity contribution in [1.29, 1.82) is 0 Å². The molecule has 1 amide bonds. The molecule has 3 heterocycles. The molecule has 198 valence electrons. The van der Waals surface area contributed by atoms with Crippen molar-refractivity contribution in [2.24, 2.45) is 0 Å². The maximum absolute atomic E-state index is 12.6. The monoisotopic (exact) mass is 512 g/mol. The fourth-order valence-corrected chi connectivity index (χ4v) is 4.08. The Morgan fingerprint density at radius 3 is 2.51 bits per heavy atom. The molecular weight excluding hydrogens is 480 g/mol. The number of nitrogens with one attached hydrogen (secondary N) is 1. The number of Topliss-reactive ketones (excluding diaryl/α,β-unsaturated/α-hetero) is 1. The third kappa shape index (κ3) is 6.92. The molecule has 3 aromatic rings. The number of aromatic amines is 1. The first-order valence-corrected chi connectivity index (χ1v) is 12.3. The van der Waals surface area contributed by atoms with Gasteiger partial charge in [-0.05, 0) is 17.5 Å². The summed E-state index contributed by atoms with van der Waals surface area (Å²) in [5.41, 5.74) is 8.23. The highest BCUT2D eigenvalue weighted by atomic mass is 16.5. The summed E-state index contributed by atoms with van der Waals surface area (Å²) < 4.78 is 17.1. The molecule has 0 unspecified atom stereocenters. The number of carbonyl (C=O) groups is 2. The second-order valence-electron chi connectivity index (χ2n) is 8.80. The molecule has 0 spiro atoms. The van der Waals surface area contributed by atoms with Crippen LogP contribution in [0.4, 0.5) is 5.82 Å². The standard InChI is InChI=1S/C25H32N6O6/c1-35-14-15-37-24-28-22(26)21-23(29-24)31(25(34)27-21)16-18-4-2-17(3-5-18)6-7-19(32)8-9-20(33)30-10-12-36-13-11-30/h2-5H,6-16H2,1H3,(H,27,34)(H2,26,28,29). The van der Waals surface area contributed by atoms with Crippen LogP contribution in [0.2, 0.25) is 0 Å². The van der Waals surface area contributed by atoms with Crippen molar-refractivity contribution in [2.75, 3.05) is 52.4 Å². The van der Waals surface area contributed by atoms with Crippen molar-refractivity contribution in [3.8, 4) is 6.01 Å². The van der Waals surface area contributed by atoms with Crippen LogP contribution in [0.5, 0.6) is 6.01 Å². The SMILES string of the molecule is COCCOc1nc(N)c2[nH]c(=O)n(Cc3ccc(CCC(=O)CCC(=O)N4CCOCC4)cc3)c2n1. The zero-order valence-electron chi connectivity index (χ0n) is 20.9. The highest BCUT2D eigenvalue weighted by Gasteiger charge is 2.18. The average Bonchev–Trinajstić information content (AvgIpc) is 3.23. The lowest BCUT2D eigenvalue weighted by Crippen LogP contribution is -2.40. The van der Waals surface area contributed by atoms with Gasteiger partial charge in [0.15, 0.2) is 11.5 Å². The summed E-state index contributed by atoms with van der Waals surface area (Å²) in [5.74, 6) is 0.200. The maximum Gasteiger partial charge on any atom is 0.328 e. The summed E-state index contributed by atoms with van der Waals surface area (Å²) >= 11 is 0. The van der Waals surface area contributed by atoms with Crippen LogP contribution in [0.3, 0.4) is 0 Å². The van der Waals surface area contributed by atoms with E-state index in [1.54, 1.807) is 12.0 Å². The fourth-order valence-electron chi connectivity index (χ4n) is 4.08. The number of anilines is 1. The number of nitrogens with two attached hydrogens (primary N) is 1. The van der Waals surface area contributed by atoms with Crippen LogP contribution in [-0.2, 0) is 32.0 Å². The molecule has 0 radical (unpaired) electrons. The van der Waals surface area contributed by atoms with Crippen LogP contribution < -0.4 is 16.2 Å². The van der Waals surface area contributed by atoms with Crippen LogP contribution >= 0.6 is 0 Å². The number of fused-ring (bicyclic) bond motifs is 1. The van der Waals surface area contributed by atoms with Gasteiger partial charge >= 0.3 is 11.7 Å². The van der Waals surface area contributed by atoms with Gasteiger partial charge in [-0.2, -0.15) is 9.97 Å². The number of ketones is 1. The lowest BCUT2D eigenvalue weighted by molar-refractivity contribution is -0.136. The third-order valence-electron chi connectivity index (χ3n) is 6.19. The van der Waals surface area contributed by atoms with Gasteiger partial charge in [0.1, 0.15) is 17.9 Å². The number of imidazole rings is 1. The summed E-state index contributed by atoms with van der Waals surface area (Å²) in [5, 5.41) is 0. The number of hydrogen-bond donors (Lipinski definition) is 2. The lowest BCUT2D eigenvalue weighted by Gasteiger charge is -2.26. The first kappa shape index (κ1) is 26.3. The number of rotatable bonds is 12. The average molecular weight is 513 g/mol. The minimum Gasteiger partial charge on any atom is -0.461 e. The number of morpholine rings is 1. The van der Waals surface area contributed by atoms with E-state index in [0.29, 0.717) is 56.9 Å². The first-order valence-electron chi connectivity index (χ1n) is 12.3. The molecule has 37 heavy (non-hydrogen) atoms. The van der Waals surface area contributed by atoms with E-state index in [9.17, 15) is 14.4 Å². The minimum atomic E-state index is -0.355. The number of aryl methyl sites for hydroxylation is 1. The molecular formula is C25H32N6O6. The Labute approximate surface area is 213 Å². The number of ether oxygens (including phenoxy) is 3. The van der Waals surface area contributed by atoms with Gasteiger partial charge in [-0.3, -0.25) is 14.2 Å². The number of H-pyrrole nitrogens is 1. The van der Waals surface area contributed by atoms with Gasteiger partial charge in [0, 0.05) is 39.5 Å². The molecule has 12 heteroatoms.